The third kappa shape index (κ3) is 6.89. The summed E-state index contributed by atoms with van der Waals surface area (Å²) in [4.78, 5) is 32.0. The quantitative estimate of drug-likeness (QED) is 0.197. The molecule has 3 aromatic carbocycles. The molecule has 220 valence electrons. The highest BCUT2D eigenvalue weighted by atomic mass is 16.5. The Balaban J connectivity index is 1.19. The molecule has 1 aromatic heterocycles. The molecule has 8 heteroatoms. The highest BCUT2D eigenvalue weighted by Crippen LogP contribution is 2.30. The smallest absolute Gasteiger partial charge is 0.337 e. The number of esters is 1. The first-order valence-electron chi connectivity index (χ1n) is 14.7. The number of likely N-dealkylation sites (tertiary alicyclic amines) is 1. The number of carbonyl (C=O) groups is 2. The van der Waals surface area contributed by atoms with Crippen molar-refractivity contribution < 1.29 is 19.1 Å². The van der Waals surface area contributed by atoms with Crippen LogP contribution >= 0.6 is 0 Å². The van der Waals surface area contributed by atoms with Crippen LogP contribution in [0.15, 0.2) is 72.8 Å². The van der Waals surface area contributed by atoms with E-state index in [2.05, 4.69) is 34.9 Å². The normalized spacial score (nSPS) is 16.0. The predicted molar refractivity (Wildman–Crippen MR) is 164 cm³/mol. The molecular formula is C34H40N4O4. The second-order valence-electron chi connectivity index (χ2n) is 11.1. The summed E-state index contributed by atoms with van der Waals surface area (Å²) in [6, 6.07) is 23.5. The van der Waals surface area contributed by atoms with Crippen LogP contribution in [0.1, 0.15) is 53.3 Å². The minimum Gasteiger partial charge on any atom is -0.465 e. The van der Waals surface area contributed by atoms with E-state index in [-0.39, 0.29) is 23.8 Å². The number of hydrogen-bond donors (Lipinski definition) is 1. The number of piperidine rings is 1. The number of fused-ring (bicyclic) bond motifs is 1. The van der Waals surface area contributed by atoms with Gasteiger partial charge in [0.15, 0.2) is 0 Å². The van der Waals surface area contributed by atoms with E-state index in [1.165, 1.54) is 7.11 Å². The van der Waals surface area contributed by atoms with Gasteiger partial charge in [-0.25, -0.2) is 9.78 Å². The van der Waals surface area contributed by atoms with Crippen LogP contribution in [0.25, 0.3) is 22.2 Å². The van der Waals surface area contributed by atoms with E-state index in [1.807, 2.05) is 35.2 Å². The summed E-state index contributed by atoms with van der Waals surface area (Å²) in [7, 11) is 3.10. The van der Waals surface area contributed by atoms with Gasteiger partial charge in [-0.15, -0.1) is 0 Å². The first-order valence-corrected chi connectivity index (χ1v) is 14.7. The van der Waals surface area contributed by atoms with Gasteiger partial charge in [-0.3, -0.25) is 4.79 Å². The van der Waals surface area contributed by atoms with Crippen LogP contribution in [0, 0.1) is 0 Å². The Bertz CT molecular complexity index is 1500. The second kappa shape index (κ2) is 13.8. The summed E-state index contributed by atoms with van der Waals surface area (Å²) in [5.41, 5.74) is 12.3. The average molecular weight is 569 g/mol. The van der Waals surface area contributed by atoms with E-state index in [4.69, 9.17) is 20.2 Å². The number of aromatic nitrogens is 2. The molecule has 2 heterocycles. The maximum Gasteiger partial charge on any atom is 0.337 e. The molecule has 0 saturated carbocycles. The Morgan fingerprint density at radius 2 is 1.71 bits per heavy atom. The van der Waals surface area contributed by atoms with Crippen molar-refractivity contribution in [3.63, 3.8) is 0 Å². The Morgan fingerprint density at radius 3 is 2.43 bits per heavy atom. The molecule has 1 saturated heterocycles. The molecule has 42 heavy (non-hydrogen) atoms. The summed E-state index contributed by atoms with van der Waals surface area (Å²) in [5, 5.41) is 0. The maximum atomic E-state index is 13.3. The van der Waals surface area contributed by atoms with Crippen molar-refractivity contribution >= 4 is 22.9 Å². The molecule has 0 radical (unpaired) electrons. The Hall–Kier alpha value is -4.01. The minimum absolute atomic E-state index is 0.108. The fourth-order valence-corrected chi connectivity index (χ4v) is 5.90. The number of ether oxygens (including phenoxy) is 2. The first kappa shape index (κ1) is 29.5. The maximum absolute atomic E-state index is 13.3. The van der Waals surface area contributed by atoms with Crippen molar-refractivity contribution in [2.45, 2.75) is 50.6 Å². The van der Waals surface area contributed by atoms with Crippen molar-refractivity contribution in [2.75, 3.05) is 33.9 Å². The Kier molecular flexibility index (Phi) is 9.66. The number of carbonyl (C=O) groups excluding carboxylic acids is 2. The number of rotatable bonds is 11. The van der Waals surface area contributed by atoms with Crippen LogP contribution in [0.4, 0.5) is 0 Å². The van der Waals surface area contributed by atoms with Gasteiger partial charge in [0.25, 0.3) is 0 Å². The Labute approximate surface area is 247 Å². The molecule has 0 spiro atoms. The zero-order valence-corrected chi connectivity index (χ0v) is 24.5. The number of hydrogen-bond acceptors (Lipinski definition) is 6. The second-order valence-corrected chi connectivity index (χ2v) is 11.1. The van der Waals surface area contributed by atoms with Crippen molar-refractivity contribution in [1.29, 1.82) is 0 Å². The molecule has 1 aliphatic heterocycles. The topological polar surface area (TPSA) is 99.7 Å². The number of nitrogens with two attached hydrogens (primary N) is 1. The lowest BCUT2D eigenvalue weighted by Crippen LogP contribution is -2.42. The Morgan fingerprint density at radius 1 is 1.00 bits per heavy atom. The van der Waals surface area contributed by atoms with Gasteiger partial charge in [-0.1, -0.05) is 48.5 Å². The summed E-state index contributed by atoms with van der Waals surface area (Å²) in [6.45, 7) is 2.97. The largest absolute Gasteiger partial charge is 0.465 e. The number of imidazole rings is 1. The zero-order chi connectivity index (χ0) is 29.5. The van der Waals surface area contributed by atoms with Gasteiger partial charge in [0.1, 0.15) is 5.82 Å². The number of amides is 1. The molecular weight excluding hydrogens is 528 g/mol. The molecule has 0 aliphatic carbocycles. The van der Waals surface area contributed by atoms with Crippen LogP contribution in [-0.4, -0.2) is 66.3 Å². The molecule has 8 nitrogen and oxygen atoms in total. The van der Waals surface area contributed by atoms with E-state index in [1.54, 1.807) is 19.2 Å². The van der Waals surface area contributed by atoms with Crippen LogP contribution in [0.2, 0.25) is 0 Å². The first-order chi connectivity index (χ1) is 20.5. The molecule has 4 aromatic rings. The van der Waals surface area contributed by atoms with E-state index in [0.29, 0.717) is 31.6 Å². The van der Waals surface area contributed by atoms with Crippen molar-refractivity contribution in [2.24, 2.45) is 5.73 Å². The molecule has 1 fully saturated rings. The van der Waals surface area contributed by atoms with Gasteiger partial charge in [-0.2, -0.15) is 0 Å². The number of para-hydroxylation sites is 2. The SMILES string of the molecule is COCCCn1c([C@@H]2CCCN(C(=O)C[C@H](N)Cc3ccc(-c4ccc(C(=O)OC)cc4)cc3)C2)nc2ccccc21. The lowest BCUT2D eigenvalue weighted by atomic mass is 9.95. The molecule has 1 aliphatic rings. The zero-order valence-electron chi connectivity index (χ0n) is 24.5. The van der Waals surface area contributed by atoms with Crippen LogP contribution in [0.5, 0.6) is 0 Å². The number of methoxy groups -OCH3 is 2. The molecule has 0 unspecified atom stereocenters. The average Bonchev–Trinajstić information content (AvgIpc) is 3.40. The molecule has 0 bridgehead atoms. The lowest BCUT2D eigenvalue weighted by molar-refractivity contribution is -0.132. The van der Waals surface area contributed by atoms with Gasteiger partial charge in [0, 0.05) is 51.7 Å². The summed E-state index contributed by atoms with van der Waals surface area (Å²) >= 11 is 0. The minimum atomic E-state index is -0.349. The monoisotopic (exact) mass is 568 g/mol. The third-order valence-electron chi connectivity index (χ3n) is 8.08. The summed E-state index contributed by atoms with van der Waals surface area (Å²) < 4.78 is 12.4. The van der Waals surface area contributed by atoms with Crippen LogP contribution in [-0.2, 0) is 27.2 Å². The van der Waals surface area contributed by atoms with Gasteiger partial charge >= 0.3 is 5.97 Å². The number of benzene rings is 3. The fourth-order valence-electron chi connectivity index (χ4n) is 5.90. The standard InChI is InChI=1S/C34H40N4O4/c1-41-20-6-19-38-31-9-4-3-8-30(31)36-33(38)28-7-5-18-37(23-28)32(39)22-29(35)21-24-10-12-25(13-11-24)26-14-16-27(17-15-26)34(40)42-2/h3-4,8-17,28-29H,5-7,18-23,35H2,1-2H3/t28-,29-/m1/s1. The van der Waals surface area contributed by atoms with Crippen molar-refractivity contribution in [3.05, 3.63) is 89.7 Å². The van der Waals surface area contributed by atoms with E-state index in [0.717, 1.165) is 65.9 Å². The van der Waals surface area contributed by atoms with Crippen molar-refractivity contribution in [3.8, 4) is 11.1 Å². The fraction of sp³-hybridized carbons (Fsp3) is 0.382. The highest BCUT2D eigenvalue weighted by Gasteiger charge is 2.29. The van der Waals surface area contributed by atoms with Gasteiger partial charge < -0.3 is 24.7 Å². The van der Waals surface area contributed by atoms with Gasteiger partial charge in [0.05, 0.1) is 23.7 Å². The highest BCUT2D eigenvalue weighted by molar-refractivity contribution is 5.90. The predicted octanol–water partition coefficient (Wildman–Crippen LogP) is 5.19. The van der Waals surface area contributed by atoms with Gasteiger partial charge in [0.2, 0.25) is 5.91 Å². The summed E-state index contributed by atoms with van der Waals surface area (Å²) in [6.07, 6.45) is 3.82. The van der Waals surface area contributed by atoms with E-state index in [9.17, 15) is 9.59 Å². The van der Waals surface area contributed by atoms with E-state index >= 15 is 0 Å². The summed E-state index contributed by atoms with van der Waals surface area (Å²) in [5.74, 6) is 1.02. The number of aryl methyl sites for hydroxylation is 1. The van der Waals surface area contributed by atoms with Crippen LogP contribution in [0.3, 0.4) is 0 Å². The van der Waals surface area contributed by atoms with Crippen LogP contribution < -0.4 is 5.73 Å². The van der Waals surface area contributed by atoms with E-state index < -0.39 is 0 Å². The molecule has 2 N–H and O–H groups in total. The lowest BCUT2D eigenvalue weighted by Gasteiger charge is -2.33. The third-order valence-corrected chi connectivity index (χ3v) is 8.08. The van der Waals surface area contributed by atoms with Gasteiger partial charge in [-0.05, 0) is 66.6 Å². The molecule has 1 amide bonds. The number of nitrogens with zero attached hydrogens (tertiary/aromatic N) is 3. The molecule has 2 atom stereocenters. The van der Waals surface area contributed by atoms with Crippen molar-refractivity contribution in [1.82, 2.24) is 14.5 Å². The molecule has 5 rings (SSSR count).